The maximum absolute atomic E-state index is 12.4. The Hall–Kier alpha value is -1.85. The highest BCUT2D eigenvalue weighted by Gasteiger charge is 2.17. The van der Waals surface area contributed by atoms with Crippen LogP contribution in [0, 0.1) is 20.8 Å². The van der Waals surface area contributed by atoms with Crippen LogP contribution in [0.15, 0.2) is 24.3 Å². The number of amides is 1. The van der Waals surface area contributed by atoms with Crippen LogP contribution < -0.4 is 16.6 Å². The summed E-state index contributed by atoms with van der Waals surface area (Å²) >= 11 is 1.75. The van der Waals surface area contributed by atoms with Crippen molar-refractivity contribution < 1.29 is 4.79 Å². The summed E-state index contributed by atoms with van der Waals surface area (Å²) in [6.07, 6.45) is 0. The van der Waals surface area contributed by atoms with Gasteiger partial charge in [0.25, 0.3) is 5.91 Å². The zero-order valence-corrected chi connectivity index (χ0v) is 13.6. The topological polar surface area (TPSA) is 67.2 Å². The molecule has 1 heterocycles. The van der Waals surface area contributed by atoms with Gasteiger partial charge in [-0.15, -0.1) is 11.3 Å². The quantitative estimate of drug-likeness (QED) is 0.598. The molecule has 1 atom stereocenters. The number of anilines is 1. The van der Waals surface area contributed by atoms with E-state index in [0.29, 0.717) is 11.3 Å². The van der Waals surface area contributed by atoms with Crippen LogP contribution in [-0.2, 0) is 0 Å². The monoisotopic (exact) mass is 303 g/mol. The van der Waals surface area contributed by atoms with E-state index in [0.717, 1.165) is 5.56 Å². The van der Waals surface area contributed by atoms with Crippen molar-refractivity contribution in [1.82, 2.24) is 5.32 Å². The van der Waals surface area contributed by atoms with E-state index in [-0.39, 0.29) is 11.9 Å². The van der Waals surface area contributed by atoms with Crippen molar-refractivity contribution in [2.24, 2.45) is 5.84 Å². The van der Waals surface area contributed by atoms with Gasteiger partial charge in [0.1, 0.15) is 0 Å². The Morgan fingerprint density at radius 3 is 2.52 bits per heavy atom. The van der Waals surface area contributed by atoms with Gasteiger partial charge in [0.2, 0.25) is 0 Å². The summed E-state index contributed by atoms with van der Waals surface area (Å²) in [4.78, 5) is 14.9. The number of carbonyl (C=O) groups is 1. The van der Waals surface area contributed by atoms with Gasteiger partial charge in [-0.1, -0.05) is 6.07 Å². The predicted molar refractivity (Wildman–Crippen MR) is 88.7 cm³/mol. The van der Waals surface area contributed by atoms with Gasteiger partial charge in [-0.3, -0.25) is 10.6 Å². The van der Waals surface area contributed by atoms with Gasteiger partial charge < -0.3 is 10.7 Å². The fourth-order valence-electron chi connectivity index (χ4n) is 2.41. The van der Waals surface area contributed by atoms with Crippen LogP contribution in [0.5, 0.6) is 0 Å². The molecule has 2 rings (SSSR count). The Morgan fingerprint density at radius 1 is 1.24 bits per heavy atom. The van der Waals surface area contributed by atoms with Crippen LogP contribution in [-0.4, -0.2) is 5.91 Å². The average molecular weight is 303 g/mol. The third-order valence-electron chi connectivity index (χ3n) is 3.47. The van der Waals surface area contributed by atoms with E-state index in [9.17, 15) is 4.79 Å². The normalized spacial score (nSPS) is 12.0. The number of nitrogens with one attached hydrogen (secondary N) is 2. The second kappa shape index (κ2) is 6.28. The standard InChI is InChI=1S/C16H21N3OS/c1-9-5-6-13(15(7-9)19-17)16(20)18-11(3)14-8-10(2)21-12(14)4/h5-8,11,19H,17H2,1-4H3,(H,18,20). The van der Waals surface area contributed by atoms with Crippen molar-refractivity contribution in [1.29, 1.82) is 0 Å². The van der Waals surface area contributed by atoms with Crippen LogP contribution in [0.2, 0.25) is 0 Å². The highest BCUT2D eigenvalue weighted by atomic mass is 32.1. The minimum absolute atomic E-state index is 0.0330. The zero-order valence-electron chi connectivity index (χ0n) is 12.8. The number of rotatable bonds is 4. The number of aryl methyl sites for hydroxylation is 3. The molecule has 0 spiro atoms. The first kappa shape index (κ1) is 15.5. The summed E-state index contributed by atoms with van der Waals surface area (Å²) in [5, 5.41) is 3.03. The second-order valence-corrected chi connectivity index (χ2v) is 6.72. The number of nitrogens with two attached hydrogens (primary N) is 1. The molecule has 21 heavy (non-hydrogen) atoms. The highest BCUT2D eigenvalue weighted by molar-refractivity contribution is 7.12. The molecule has 2 aromatic rings. The second-order valence-electron chi connectivity index (χ2n) is 5.26. The largest absolute Gasteiger partial charge is 0.345 e. The molecule has 5 heteroatoms. The predicted octanol–water partition coefficient (Wildman–Crippen LogP) is 3.45. The SMILES string of the molecule is Cc1ccc(C(=O)NC(C)c2cc(C)sc2C)c(NN)c1. The van der Waals surface area contributed by atoms with E-state index in [2.05, 4.69) is 30.7 Å². The van der Waals surface area contributed by atoms with E-state index in [1.165, 1.54) is 15.3 Å². The summed E-state index contributed by atoms with van der Waals surface area (Å²) in [5.41, 5.74) is 6.00. The Kier molecular flexibility index (Phi) is 4.65. The highest BCUT2D eigenvalue weighted by Crippen LogP contribution is 2.26. The first-order valence-electron chi connectivity index (χ1n) is 6.87. The number of carbonyl (C=O) groups excluding carboxylic acids is 1. The lowest BCUT2D eigenvalue weighted by Gasteiger charge is -2.16. The van der Waals surface area contributed by atoms with E-state index in [1.807, 2.05) is 26.0 Å². The Labute approximate surface area is 129 Å². The van der Waals surface area contributed by atoms with Crippen molar-refractivity contribution in [3.63, 3.8) is 0 Å². The van der Waals surface area contributed by atoms with E-state index >= 15 is 0 Å². The number of benzene rings is 1. The summed E-state index contributed by atoms with van der Waals surface area (Å²) in [6.45, 7) is 8.11. The minimum Gasteiger partial charge on any atom is -0.345 e. The minimum atomic E-state index is -0.126. The molecule has 1 unspecified atom stereocenters. The number of hydrazine groups is 1. The molecular weight excluding hydrogens is 282 g/mol. The summed E-state index contributed by atoms with van der Waals surface area (Å²) in [6, 6.07) is 7.65. The van der Waals surface area contributed by atoms with Crippen LogP contribution in [0.3, 0.4) is 0 Å². The van der Waals surface area contributed by atoms with Crippen LogP contribution in [0.1, 0.15) is 44.2 Å². The molecule has 4 N–H and O–H groups in total. The van der Waals surface area contributed by atoms with Crippen LogP contribution in [0.4, 0.5) is 5.69 Å². The molecule has 0 aliphatic carbocycles. The number of thiophene rings is 1. The maximum atomic E-state index is 12.4. The van der Waals surface area contributed by atoms with Crippen LogP contribution in [0.25, 0.3) is 0 Å². The molecular formula is C16H21N3OS. The van der Waals surface area contributed by atoms with Crippen molar-refractivity contribution in [3.05, 3.63) is 50.7 Å². The van der Waals surface area contributed by atoms with Gasteiger partial charge in [-0.2, -0.15) is 0 Å². The molecule has 0 saturated carbocycles. The van der Waals surface area contributed by atoms with Gasteiger partial charge in [0.05, 0.1) is 17.3 Å². The fourth-order valence-corrected chi connectivity index (χ4v) is 3.43. The molecule has 4 nitrogen and oxygen atoms in total. The summed E-state index contributed by atoms with van der Waals surface area (Å²) < 4.78 is 0. The summed E-state index contributed by atoms with van der Waals surface area (Å²) in [5.74, 6) is 5.37. The Bertz CT molecular complexity index is 664. The molecule has 0 saturated heterocycles. The lowest BCUT2D eigenvalue weighted by atomic mass is 10.1. The third kappa shape index (κ3) is 3.43. The Morgan fingerprint density at radius 2 is 1.95 bits per heavy atom. The first-order chi connectivity index (χ1) is 9.92. The molecule has 1 aromatic heterocycles. The van der Waals surface area contributed by atoms with E-state index < -0.39 is 0 Å². The fraction of sp³-hybridized carbons (Fsp3) is 0.312. The van der Waals surface area contributed by atoms with Gasteiger partial charge in [0.15, 0.2) is 0 Å². The van der Waals surface area contributed by atoms with Crippen LogP contribution >= 0.6 is 11.3 Å². The van der Waals surface area contributed by atoms with Gasteiger partial charge >= 0.3 is 0 Å². The summed E-state index contributed by atoms with van der Waals surface area (Å²) in [7, 11) is 0. The van der Waals surface area contributed by atoms with Crippen molar-refractivity contribution >= 4 is 22.9 Å². The molecule has 0 radical (unpaired) electrons. The van der Waals surface area contributed by atoms with E-state index in [1.54, 1.807) is 17.4 Å². The van der Waals surface area contributed by atoms with Crippen molar-refractivity contribution in [2.45, 2.75) is 33.7 Å². The van der Waals surface area contributed by atoms with Crippen molar-refractivity contribution in [3.8, 4) is 0 Å². The molecule has 0 bridgehead atoms. The number of nitrogen functional groups attached to an aromatic ring is 1. The van der Waals surface area contributed by atoms with Gasteiger partial charge in [-0.05, 0) is 57.0 Å². The smallest absolute Gasteiger partial charge is 0.253 e. The lowest BCUT2D eigenvalue weighted by molar-refractivity contribution is 0.0940. The molecule has 0 aliphatic rings. The maximum Gasteiger partial charge on any atom is 0.253 e. The van der Waals surface area contributed by atoms with E-state index in [4.69, 9.17) is 5.84 Å². The third-order valence-corrected chi connectivity index (χ3v) is 4.45. The molecule has 1 amide bonds. The molecule has 1 aromatic carbocycles. The first-order valence-corrected chi connectivity index (χ1v) is 7.69. The number of hydrogen-bond acceptors (Lipinski definition) is 4. The number of hydrogen-bond donors (Lipinski definition) is 3. The van der Waals surface area contributed by atoms with Gasteiger partial charge in [-0.25, -0.2) is 0 Å². The average Bonchev–Trinajstić information content (AvgIpc) is 2.77. The molecule has 0 fully saturated rings. The van der Waals surface area contributed by atoms with Gasteiger partial charge in [0, 0.05) is 9.75 Å². The van der Waals surface area contributed by atoms with Crippen molar-refractivity contribution in [2.75, 3.05) is 5.43 Å². The Balaban J connectivity index is 2.20. The zero-order chi connectivity index (χ0) is 15.6. The molecule has 112 valence electrons. The lowest BCUT2D eigenvalue weighted by Crippen LogP contribution is -2.28. The molecule has 0 aliphatic heterocycles.